The lowest BCUT2D eigenvalue weighted by atomic mass is 10.1. The second-order valence-electron chi connectivity index (χ2n) is 8.75. The smallest absolute Gasteiger partial charge is 0.255 e. The molecular weight excluding hydrogens is 469 g/mol. The molecule has 4 aromatic rings. The van der Waals surface area contributed by atoms with Crippen LogP contribution in [0.2, 0.25) is 0 Å². The first-order chi connectivity index (χ1) is 16.9. The van der Waals surface area contributed by atoms with Crippen molar-refractivity contribution in [3.63, 3.8) is 0 Å². The fourth-order valence-electron chi connectivity index (χ4n) is 4.56. The van der Waals surface area contributed by atoms with E-state index in [0.29, 0.717) is 27.5 Å². The number of fused-ring (bicyclic) bond motifs is 3. The Bertz CT molecular complexity index is 1450. The van der Waals surface area contributed by atoms with Crippen molar-refractivity contribution in [1.82, 2.24) is 24.9 Å². The number of piperidine rings is 1. The van der Waals surface area contributed by atoms with E-state index < -0.39 is 5.82 Å². The Morgan fingerprint density at radius 3 is 2.77 bits per heavy atom. The number of thiazole rings is 1. The molecule has 1 saturated heterocycles. The van der Waals surface area contributed by atoms with Crippen LogP contribution in [0.3, 0.4) is 0 Å². The Morgan fingerprint density at radius 2 is 2.06 bits per heavy atom. The highest BCUT2D eigenvalue weighted by molar-refractivity contribution is 7.23. The van der Waals surface area contributed by atoms with E-state index >= 15 is 0 Å². The zero-order valence-electron chi connectivity index (χ0n) is 19.7. The van der Waals surface area contributed by atoms with Gasteiger partial charge in [-0.15, -0.1) is 0 Å². The highest BCUT2D eigenvalue weighted by atomic mass is 32.1. The summed E-state index contributed by atoms with van der Waals surface area (Å²) in [6.07, 6.45) is 3.76. The molecule has 1 aliphatic heterocycles. The number of rotatable bonds is 5. The number of hydrogen-bond acceptors (Lipinski definition) is 6. The highest BCUT2D eigenvalue weighted by Gasteiger charge is 2.23. The van der Waals surface area contributed by atoms with Crippen molar-refractivity contribution in [2.75, 3.05) is 34.3 Å². The number of likely N-dealkylation sites (tertiary alicyclic amines) is 1. The first-order valence-electron chi connectivity index (χ1n) is 11.4. The lowest BCUT2D eigenvalue weighted by Gasteiger charge is -2.30. The quantitative estimate of drug-likeness (QED) is 0.442. The third-order valence-electron chi connectivity index (χ3n) is 6.35. The number of likely N-dealkylation sites (N-methyl/N-ethyl adjacent to an activating group) is 1. The van der Waals surface area contributed by atoms with Gasteiger partial charge in [-0.05, 0) is 50.7 Å². The number of methoxy groups -OCH3 is 1. The molecule has 1 fully saturated rings. The molecule has 3 heterocycles. The average Bonchev–Trinajstić information content (AvgIpc) is 3.40. The topological polar surface area (TPSA) is 88.0 Å². The first kappa shape index (κ1) is 23.3. The molecule has 0 aliphatic carbocycles. The van der Waals surface area contributed by atoms with Crippen molar-refractivity contribution in [2.24, 2.45) is 0 Å². The second kappa shape index (κ2) is 9.27. The molecule has 2 N–H and O–H groups in total. The molecule has 0 saturated carbocycles. The van der Waals surface area contributed by atoms with Crippen LogP contribution in [0.1, 0.15) is 33.6 Å². The number of benzene rings is 2. The molecule has 1 atom stereocenters. The largest absolute Gasteiger partial charge is 0.496 e. The summed E-state index contributed by atoms with van der Waals surface area (Å²) in [5, 5.41) is 5.62. The number of nitrogens with zero attached hydrogens (tertiary/aromatic N) is 3. The minimum Gasteiger partial charge on any atom is -0.496 e. The summed E-state index contributed by atoms with van der Waals surface area (Å²) in [5.74, 6) is -0.565. The summed E-state index contributed by atoms with van der Waals surface area (Å²) < 4.78 is 23.1. The number of hydrogen-bond donors (Lipinski definition) is 2. The van der Waals surface area contributed by atoms with Crippen LogP contribution in [0, 0.1) is 5.82 Å². The zero-order valence-corrected chi connectivity index (χ0v) is 20.5. The van der Waals surface area contributed by atoms with Gasteiger partial charge in [0.15, 0.2) is 4.96 Å². The van der Waals surface area contributed by atoms with Gasteiger partial charge in [-0.25, -0.2) is 9.37 Å². The minimum absolute atomic E-state index is 0.106. The summed E-state index contributed by atoms with van der Waals surface area (Å²) in [6, 6.07) is 8.08. The fourth-order valence-corrected chi connectivity index (χ4v) is 5.59. The number of carbonyl (C=O) groups excluding carboxylic acids is 2. The molecule has 8 nitrogen and oxygen atoms in total. The Balaban J connectivity index is 1.48. The fraction of sp³-hybridized carbons (Fsp3) is 0.320. The van der Waals surface area contributed by atoms with Gasteiger partial charge in [0.05, 0.1) is 28.6 Å². The van der Waals surface area contributed by atoms with E-state index in [1.54, 1.807) is 25.4 Å². The lowest BCUT2D eigenvalue weighted by molar-refractivity contribution is 0.0908. The molecule has 2 aromatic heterocycles. The molecule has 10 heteroatoms. The third kappa shape index (κ3) is 4.35. The van der Waals surface area contributed by atoms with Crippen LogP contribution in [-0.2, 0) is 0 Å². The number of aromatic nitrogens is 2. The first-order valence-corrected chi connectivity index (χ1v) is 12.2. The standard InChI is InChI=1S/C25H26FN5O3S/c1-27-23(32)14-6-7-16(18(26)9-14)19-13-31-20-11-21(34-3)17(10-22(20)35-25(31)29-19)24(33)28-15-5-4-8-30(2)12-15/h6-7,9-11,13,15H,4-5,8,12H2,1-3H3,(H,27,32)(H,28,33). The summed E-state index contributed by atoms with van der Waals surface area (Å²) in [4.78, 5) is 32.3. The number of imidazole rings is 1. The van der Waals surface area contributed by atoms with Gasteiger partial charge >= 0.3 is 0 Å². The van der Waals surface area contributed by atoms with Gasteiger partial charge in [-0.3, -0.25) is 14.0 Å². The van der Waals surface area contributed by atoms with Gasteiger partial charge in [0.25, 0.3) is 11.8 Å². The average molecular weight is 496 g/mol. The summed E-state index contributed by atoms with van der Waals surface area (Å²) in [6.45, 7) is 1.87. The van der Waals surface area contributed by atoms with Gasteiger partial charge < -0.3 is 20.3 Å². The molecule has 182 valence electrons. The summed E-state index contributed by atoms with van der Waals surface area (Å²) in [7, 11) is 5.10. The monoisotopic (exact) mass is 495 g/mol. The van der Waals surface area contributed by atoms with E-state index in [2.05, 4.69) is 27.6 Å². The Labute approximate surface area is 205 Å². The number of ether oxygens (including phenoxy) is 1. The van der Waals surface area contributed by atoms with Gasteiger partial charge in [0.2, 0.25) is 0 Å². The van der Waals surface area contributed by atoms with Crippen LogP contribution in [0.15, 0.2) is 36.5 Å². The van der Waals surface area contributed by atoms with Gasteiger partial charge in [0, 0.05) is 43.0 Å². The second-order valence-corrected chi connectivity index (χ2v) is 9.76. The van der Waals surface area contributed by atoms with E-state index in [4.69, 9.17) is 4.74 Å². The predicted molar refractivity (Wildman–Crippen MR) is 134 cm³/mol. The van der Waals surface area contributed by atoms with Crippen LogP contribution in [-0.4, -0.2) is 66.4 Å². The zero-order chi connectivity index (χ0) is 24.7. The molecule has 0 bridgehead atoms. The number of nitrogens with one attached hydrogen (secondary N) is 2. The van der Waals surface area contributed by atoms with E-state index in [1.165, 1.54) is 24.5 Å². The van der Waals surface area contributed by atoms with E-state index in [9.17, 15) is 14.0 Å². The van der Waals surface area contributed by atoms with Crippen LogP contribution < -0.4 is 15.4 Å². The molecule has 1 unspecified atom stereocenters. The minimum atomic E-state index is -0.522. The van der Waals surface area contributed by atoms with E-state index in [-0.39, 0.29) is 23.4 Å². The maximum atomic E-state index is 14.8. The van der Waals surface area contributed by atoms with Crippen LogP contribution in [0.4, 0.5) is 4.39 Å². The molecule has 5 rings (SSSR count). The van der Waals surface area contributed by atoms with Gasteiger partial charge in [-0.1, -0.05) is 11.3 Å². The van der Waals surface area contributed by atoms with Crippen molar-refractivity contribution in [3.8, 4) is 17.0 Å². The van der Waals surface area contributed by atoms with Crippen molar-refractivity contribution in [1.29, 1.82) is 0 Å². The molecule has 0 spiro atoms. The molecule has 1 aliphatic rings. The third-order valence-corrected chi connectivity index (χ3v) is 7.37. The Kier molecular flexibility index (Phi) is 6.16. The number of halogens is 1. The van der Waals surface area contributed by atoms with E-state index in [0.717, 1.165) is 36.1 Å². The van der Waals surface area contributed by atoms with Crippen LogP contribution in [0.5, 0.6) is 5.75 Å². The maximum absolute atomic E-state index is 14.8. The van der Waals surface area contributed by atoms with Crippen molar-refractivity contribution in [2.45, 2.75) is 18.9 Å². The number of amides is 2. The van der Waals surface area contributed by atoms with Gasteiger partial charge in [0.1, 0.15) is 11.6 Å². The van der Waals surface area contributed by atoms with Crippen molar-refractivity contribution < 1.29 is 18.7 Å². The molecule has 2 aromatic carbocycles. The van der Waals surface area contributed by atoms with Gasteiger partial charge in [-0.2, -0.15) is 0 Å². The lowest BCUT2D eigenvalue weighted by Crippen LogP contribution is -2.46. The van der Waals surface area contributed by atoms with Crippen molar-refractivity contribution in [3.05, 3.63) is 53.5 Å². The normalized spacial score (nSPS) is 16.5. The van der Waals surface area contributed by atoms with Crippen molar-refractivity contribution >= 4 is 38.3 Å². The summed E-state index contributed by atoms with van der Waals surface area (Å²) >= 11 is 1.41. The van der Waals surface area contributed by atoms with Crippen LogP contribution >= 0.6 is 11.3 Å². The highest BCUT2D eigenvalue weighted by Crippen LogP contribution is 2.34. The molecular formula is C25H26FN5O3S. The van der Waals surface area contributed by atoms with Crippen LogP contribution in [0.25, 0.3) is 26.4 Å². The van der Waals surface area contributed by atoms with E-state index in [1.807, 2.05) is 16.5 Å². The Hall–Kier alpha value is -3.50. The molecule has 0 radical (unpaired) electrons. The molecule has 2 amide bonds. The molecule has 35 heavy (non-hydrogen) atoms. The summed E-state index contributed by atoms with van der Waals surface area (Å²) in [5.41, 5.74) is 2.31. The SMILES string of the molecule is CNC(=O)c1ccc(-c2cn3c(n2)sc2cc(C(=O)NC4CCCN(C)C4)c(OC)cc23)c(F)c1. The predicted octanol–water partition coefficient (Wildman–Crippen LogP) is 3.55. The number of carbonyl (C=O) groups is 2. The maximum Gasteiger partial charge on any atom is 0.255 e. The Morgan fingerprint density at radius 1 is 1.23 bits per heavy atom.